The SMILES string of the molecule is COc1cc(=O)oc(C(C)=CC(C)=C[C@@H](C)CO)c1C. The molecule has 0 bridgehead atoms. The van der Waals surface area contributed by atoms with E-state index in [0.29, 0.717) is 11.5 Å². The summed E-state index contributed by atoms with van der Waals surface area (Å²) in [4.78, 5) is 11.5. The highest BCUT2D eigenvalue weighted by molar-refractivity contribution is 5.66. The Morgan fingerprint density at radius 2 is 2.15 bits per heavy atom. The molecule has 0 aliphatic heterocycles. The number of aliphatic hydroxyl groups excluding tert-OH is 1. The number of allylic oxidation sites excluding steroid dienone is 3. The van der Waals surface area contributed by atoms with Gasteiger partial charge >= 0.3 is 5.63 Å². The Bertz CT molecular complexity index is 579. The summed E-state index contributed by atoms with van der Waals surface area (Å²) in [5.74, 6) is 1.14. The van der Waals surface area contributed by atoms with E-state index < -0.39 is 5.63 Å². The average molecular weight is 278 g/mol. The van der Waals surface area contributed by atoms with Gasteiger partial charge in [0.15, 0.2) is 0 Å². The maximum atomic E-state index is 11.5. The van der Waals surface area contributed by atoms with Crippen LogP contribution in [0.1, 0.15) is 32.1 Å². The van der Waals surface area contributed by atoms with Crippen molar-refractivity contribution in [3.8, 4) is 5.75 Å². The summed E-state index contributed by atoms with van der Waals surface area (Å²) in [5.41, 5.74) is 2.22. The third-order valence-corrected chi connectivity index (χ3v) is 3.02. The second-order valence-electron chi connectivity index (χ2n) is 4.99. The standard InChI is InChI=1S/C16H22O4/c1-10(6-11(2)9-17)7-12(3)16-13(4)14(19-5)8-15(18)20-16/h6-8,11,17H,9H2,1-5H3/t11-/m1/s1. The van der Waals surface area contributed by atoms with Gasteiger partial charge in [-0.25, -0.2) is 4.79 Å². The largest absolute Gasteiger partial charge is 0.496 e. The van der Waals surface area contributed by atoms with E-state index in [-0.39, 0.29) is 12.5 Å². The lowest BCUT2D eigenvalue weighted by molar-refractivity contribution is 0.261. The summed E-state index contributed by atoms with van der Waals surface area (Å²) in [6.45, 7) is 7.72. The van der Waals surface area contributed by atoms with Crippen LogP contribution in [0.3, 0.4) is 0 Å². The van der Waals surface area contributed by atoms with Crippen LogP contribution < -0.4 is 10.4 Å². The molecule has 1 rings (SSSR count). The second kappa shape index (κ2) is 7.10. The molecule has 1 atom stereocenters. The topological polar surface area (TPSA) is 59.7 Å². The molecule has 0 radical (unpaired) electrons. The van der Waals surface area contributed by atoms with Gasteiger partial charge in [0, 0.05) is 12.2 Å². The Morgan fingerprint density at radius 1 is 1.50 bits per heavy atom. The molecular weight excluding hydrogens is 256 g/mol. The molecule has 0 saturated carbocycles. The van der Waals surface area contributed by atoms with Crippen LogP contribution >= 0.6 is 0 Å². The molecule has 0 amide bonds. The van der Waals surface area contributed by atoms with Crippen LogP contribution in [0, 0.1) is 12.8 Å². The molecule has 1 heterocycles. The van der Waals surface area contributed by atoms with E-state index in [4.69, 9.17) is 14.3 Å². The van der Waals surface area contributed by atoms with Gasteiger partial charge in [0.1, 0.15) is 11.5 Å². The Kier molecular flexibility index (Phi) is 5.77. The van der Waals surface area contributed by atoms with Crippen molar-refractivity contribution >= 4 is 5.57 Å². The zero-order valence-corrected chi connectivity index (χ0v) is 12.7. The van der Waals surface area contributed by atoms with Crippen molar-refractivity contribution in [1.82, 2.24) is 0 Å². The highest BCUT2D eigenvalue weighted by Crippen LogP contribution is 2.25. The van der Waals surface area contributed by atoms with Crippen molar-refractivity contribution in [2.45, 2.75) is 27.7 Å². The van der Waals surface area contributed by atoms with Gasteiger partial charge < -0.3 is 14.3 Å². The third-order valence-electron chi connectivity index (χ3n) is 3.02. The van der Waals surface area contributed by atoms with Crippen LogP contribution in [-0.2, 0) is 0 Å². The zero-order chi connectivity index (χ0) is 15.3. The van der Waals surface area contributed by atoms with Crippen LogP contribution in [0.15, 0.2) is 33.0 Å². The predicted octanol–water partition coefficient (Wildman–Crippen LogP) is 2.93. The molecule has 4 nitrogen and oxygen atoms in total. The maximum Gasteiger partial charge on any atom is 0.339 e. The maximum absolute atomic E-state index is 11.5. The molecule has 0 aromatic carbocycles. The monoisotopic (exact) mass is 278 g/mol. The van der Waals surface area contributed by atoms with Gasteiger partial charge in [-0.15, -0.1) is 0 Å². The van der Waals surface area contributed by atoms with Gasteiger partial charge in [0.2, 0.25) is 0 Å². The van der Waals surface area contributed by atoms with E-state index >= 15 is 0 Å². The van der Waals surface area contributed by atoms with Crippen molar-refractivity contribution in [1.29, 1.82) is 0 Å². The normalized spacial score (nSPS) is 14.3. The first-order chi connectivity index (χ1) is 9.38. The Balaban J connectivity index is 3.21. The summed E-state index contributed by atoms with van der Waals surface area (Å²) in [6.07, 6.45) is 3.90. The lowest BCUT2D eigenvalue weighted by Crippen LogP contribution is -2.04. The fourth-order valence-electron chi connectivity index (χ4n) is 2.08. The van der Waals surface area contributed by atoms with Gasteiger partial charge in [-0.05, 0) is 32.3 Å². The molecule has 0 aliphatic carbocycles. The smallest absolute Gasteiger partial charge is 0.339 e. The minimum Gasteiger partial charge on any atom is -0.496 e. The summed E-state index contributed by atoms with van der Waals surface area (Å²) in [5, 5.41) is 9.04. The van der Waals surface area contributed by atoms with E-state index in [0.717, 1.165) is 16.7 Å². The minimum atomic E-state index is -0.430. The molecule has 1 aromatic rings. The van der Waals surface area contributed by atoms with Crippen LogP contribution in [0.4, 0.5) is 0 Å². The molecule has 110 valence electrons. The van der Waals surface area contributed by atoms with Crippen molar-refractivity contribution in [3.63, 3.8) is 0 Å². The lowest BCUT2D eigenvalue weighted by Gasteiger charge is -2.09. The molecule has 0 saturated heterocycles. The Labute approximate surface area is 119 Å². The summed E-state index contributed by atoms with van der Waals surface area (Å²) in [6, 6.07) is 1.34. The van der Waals surface area contributed by atoms with E-state index in [1.54, 1.807) is 0 Å². The number of aliphatic hydroxyl groups is 1. The number of hydrogen-bond acceptors (Lipinski definition) is 4. The fourth-order valence-corrected chi connectivity index (χ4v) is 2.08. The molecule has 0 aliphatic rings. The first-order valence-corrected chi connectivity index (χ1v) is 6.55. The number of rotatable bonds is 5. The van der Waals surface area contributed by atoms with Crippen LogP contribution in [-0.4, -0.2) is 18.8 Å². The number of hydrogen-bond donors (Lipinski definition) is 1. The first-order valence-electron chi connectivity index (χ1n) is 6.55. The Hall–Kier alpha value is -1.81. The van der Waals surface area contributed by atoms with E-state index in [1.165, 1.54) is 13.2 Å². The molecule has 0 unspecified atom stereocenters. The van der Waals surface area contributed by atoms with Crippen LogP contribution in [0.25, 0.3) is 5.57 Å². The average Bonchev–Trinajstić information content (AvgIpc) is 2.40. The van der Waals surface area contributed by atoms with Gasteiger partial charge in [-0.1, -0.05) is 24.6 Å². The van der Waals surface area contributed by atoms with Crippen molar-refractivity contribution in [2.24, 2.45) is 5.92 Å². The Morgan fingerprint density at radius 3 is 2.70 bits per heavy atom. The zero-order valence-electron chi connectivity index (χ0n) is 12.7. The summed E-state index contributed by atoms with van der Waals surface area (Å²) in [7, 11) is 1.53. The molecule has 1 aromatic heterocycles. The first kappa shape index (κ1) is 16.2. The van der Waals surface area contributed by atoms with Crippen LogP contribution in [0.5, 0.6) is 5.75 Å². The lowest BCUT2D eigenvalue weighted by atomic mass is 10.0. The van der Waals surface area contributed by atoms with E-state index in [1.807, 2.05) is 39.8 Å². The molecular formula is C16H22O4. The number of ether oxygens (including phenoxy) is 1. The molecule has 0 fully saturated rings. The predicted molar refractivity (Wildman–Crippen MR) is 79.9 cm³/mol. The van der Waals surface area contributed by atoms with Gasteiger partial charge in [-0.3, -0.25) is 0 Å². The van der Waals surface area contributed by atoms with E-state index in [9.17, 15) is 4.79 Å². The minimum absolute atomic E-state index is 0.0949. The molecule has 4 heteroatoms. The fraction of sp³-hybridized carbons (Fsp3) is 0.438. The quantitative estimate of drug-likeness (QED) is 0.841. The van der Waals surface area contributed by atoms with Crippen molar-refractivity contribution < 1.29 is 14.3 Å². The van der Waals surface area contributed by atoms with Crippen LogP contribution in [0.2, 0.25) is 0 Å². The van der Waals surface area contributed by atoms with Gasteiger partial charge in [0.05, 0.1) is 13.2 Å². The second-order valence-corrected chi connectivity index (χ2v) is 4.99. The van der Waals surface area contributed by atoms with Gasteiger partial charge in [0.25, 0.3) is 0 Å². The molecule has 1 N–H and O–H groups in total. The summed E-state index contributed by atoms with van der Waals surface area (Å²) >= 11 is 0. The molecule has 0 spiro atoms. The van der Waals surface area contributed by atoms with Gasteiger partial charge in [-0.2, -0.15) is 0 Å². The summed E-state index contributed by atoms with van der Waals surface area (Å²) < 4.78 is 10.4. The van der Waals surface area contributed by atoms with E-state index in [2.05, 4.69) is 0 Å². The van der Waals surface area contributed by atoms with Crippen molar-refractivity contribution in [3.05, 3.63) is 45.5 Å². The number of methoxy groups -OCH3 is 1. The van der Waals surface area contributed by atoms with Crippen molar-refractivity contribution in [2.75, 3.05) is 13.7 Å². The molecule has 20 heavy (non-hydrogen) atoms. The highest BCUT2D eigenvalue weighted by Gasteiger charge is 2.11. The highest BCUT2D eigenvalue weighted by atomic mass is 16.5. The third kappa shape index (κ3) is 4.10.